The van der Waals surface area contributed by atoms with Crippen molar-refractivity contribution in [2.24, 2.45) is 4.99 Å². The molecule has 0 unspecified atom stereocenters. The fourth-order valence-corrected chi connectivity index (χ4v) is 1.43. The molecule has 0 spiro atoms. The first-order chi connectivity index (χ1) is 7.43. The van der Waals surface area contributed by atoms with Crippen LogP contribution in [0.5, 0.6) is 0 Å². The van der Waals surface area contributed by atoms with Crippen LogP contribution in [-0.2, 0) is 4.79 Å². The van der Waals surface area contributed by atoms with Gasteiger partial charge in [-0.15, -0.1) is 0 Å². The number of nitrogens with one attached hydrogen (secondary N) is 1. The molecule has 1 aliphatic rings. The van der Waals surface area contributed by atoms with E-state index in [0.29, 0.717) is 18.3 Å². The van der Waals surface area contributed by atoms with Crippen molar-refractivity contribution in [1.29, 1.82) is 0 Å². The second-order valence-electron chi connectivity index (χ2n) is 4.62. The van der Waals surface area contributed by atoms with E-state index in [2.05, 4.69) is 10.3 Å². The molecule has 0 aromatic rings. The summed E-state index contributed by atoms with van der Waals surface area (Å²) in [5.41, 5.74) is 1.43. The monoisotopic (exact) mass is 223 g/mol. The maximum atomic E-state index is 12.1. The molecule has 0 aromatic carbocycles. The lowest BCUT2D eigenvalue weighted by atomic mass is 10.2. The summed E-state index contributed by atoms with van der Waals surface area (Å²) in [6, 6.07) is 0.503. The Balaban J connectivity index is 2.74. The number of aliphatic imine (C=N–C) groups is 1. The van der Waals surface area contributed by atoms with E-state index in [9.17, 15) is 4.79 Å². The van der Waals surface area contributed by atoms with Crippen LogP contribution in [0.15, 0.2) is 16.8 Å². The average molecular weight is 223 g/mol. The summed E-state index contributed by atoms with van der Waals surface area (Å²) in [6.45, 7) is 8.68. The second-order valence-corrected chi connectivity index (χ2v) is 4.62. The van der Waals surface area contributed by atoms with Gasteiger partial charge in [-0.2, -0.15) is 0 Å². The van der Waals surface area contributed by atoms with Crippen molar-refractivity contribution >= 4 is 11.6 Å². The van der Waals surface area contributed by atoms with E-state index >= 15 is 0 Å². The lowest BCUT2D eigenvalue weighted by molar-refractivity contribution is -0.124. The first-order valence-corrected chi connectivity index (χ1v) is 5.72. The van der Waals surface area contributed by atoms with Crippen LogP contribution in [0.25, 0.3) is 0 Å². The van der Waals surface area contributed by atoms with E-state index in [4.69, 9.17) is 0 Å². The molecule has 1 rings (SSSR count). The number of carbonyl (C=O) groups is 1. The molecule has 0 saturated carbocycles. The normalized spacial score (nSPS) is 15.2. The maximum absolute atomic E-state index is 12.1. The highest BCUT2D eigenvalue weighted by Gasteiger charge is 2.24. The Hall–Kier alpha value is -1.32. The molecule has 1 N–H and O–H groups in total. The third-order valence-corrected chi connectivity index (χ3v) is 2.54. The Labute approximate surface area is 97.4 Å². The summed E-state index contributed by atoms with van der Waals surface area (Å²) in [4.78, 5) is 18.0. The molecule has 16 heavy (non-hydrogen) atoms. The zero-order valence-corrected chi connectivity index (χ0v) is 10.7. The fraction of sp³-hybridized carbons (Fsp3) is 0.667. The minimum absolute atomic E-state index is 0.00750. The minimum Gasteiger partial charge on any atom is -0.381 e. The van der Waals surface area contributed by atoms with Gasteiger partial charge in [0.1, 0.15) is 5.71 Å². The fourth-order valence-electron chi connectivity index (χ4n) is 1.43. The van der Waals surface area contributed by atoms with Crippen molar-refractivity contribution in [3.63, 3.8) is 0 Å². The predicted octanol–water partition coefficient (Wildman–Crippen LogP) is 1.19. The Kier molecular flexibility index (Phi) is 4.10. The van der Waals surface area contributed by atoms with Crippen LogP contribution in [0.2, 0.25) is 0 Å². The van der Waals surface area contributed by atoms with Gasteiger partial charge >= 0.3 is 0 Å². The summed E-state index contributed by atoms with van der Waals surface area (Å²) in [5.74, 6) is -0.00750. The highest BCUT2D eigenvalue weighted by atomic mass is 16.2. The van der Waals surface area contributed by atoms with Gasteiger partial charge in [0.2, 0.25) is 0 Å². The number of hydrogen-bond acceptors (Lipinski definition) is 3. The first-order valence-electron chi connectivity index (χ1n) is 5.72. The van der Waals surface area contributed by atoms with Crippen molar-refractivity contribution in [3.05, 3.63) is 11.8 Å². The van der Waals surface area contributed by atoms with E-state index < -0.39 is 0 Å². The molecule has 0 atom stereocenters. The maximum Gasteiger partial charge on any atom is 0.274 e. The lowest BCUT2D eigenvalue weighted by Gasteiger charge is -2.23. The third-order valence-electron chi connectivity index (χ3n) is 2.54. The van der Waals surface area contributed by atoms with Crippen LogP contribution in [-0.4, -0.2) is 42.2 Å². The Bertz CT molecular complexity index is 329. The number of carbonyl (C=O) groups excluding carboxylic acids is 1. The van der Waals surface area contributed by atoms with E-state index in [-0.39, 0.29) is 11.9 Å². The topological polar surface area (TPSA) is 44.7 Å². The minimum atomic E-state index is -0.00750. The molecular weight excluding hydrogens is 202 g/mol. The average Bonchev–Trinajstić information content (AvgIpc) is 2.62. The van der Waals surface area contributed by atoms with Gasteiger partial charge in [-0.3, -0.25) is 9.79 Å². The highest BCUT2D eigenvalue weighted by molar-refractivity contribution is 6.45. The lowest BCUT2D eigenvalue weighted by Crippen LogP contribution is -2.41. The number of rotatable bonds is 4. The molecule has 0 bridgehead atoms. The summed E-state index contributed by atoms with van der Waals surface area (Å²) >= 11 is 0. The van der Waals surface area contributed by atoms with Crippen molar-refractivity contribution in [2.75, 3.05) is 13.6 Å². The van der Waals surface area contributed by atoms with Crippen LogP contribution in [0.4, 0.5) is 0 Å². The molecule has 0 aliphatic carbocycles. The predicted molar refractivity (Wildman–Crippen MR) is 66.6 cm³/mol. The summed E-state index contributed by atoms with van der Waals surface area (Å²) in [6.07, 6.45) is 1.96. The van der Waals surface area contributed by atoms with Gasteiger partial charge in [-0.25, -0.2) is 0 Å². The van der Waals surface area contributed by atoms with Crippen LogP contribution in [0.3, 0.4) is 0 Å². The third kappa shape index (κ3) is 2.84. The molecular formula is C12H21N3O. The van der Waals surface area contributed by atoms with Crippen LogP contribution in [0.1, 0.15) is 27.7 Å². The van der Waals surface area contributed by atoms with Gasteiger partial charge in [-0.05, 0) is 33.8 Å². The van der Waals surface area contributed by atoms with Crippen LogP contribution in [0, 0.1) is 0 Å². The van der Waals surface area contributed by atoms with Gasteiger partial charge < -0.3 is 10.2 Å². The van der Waals surface area contributed by atoms with Crippen molar-refractivity contribution < 1.29 is 4.79 Å². The van der Waals surface area contributed by atoms with Gasteiger partial charge in [-0.1, -0.05) is 0 Å². The van der Waals surface area contributed by atoms with Gasteiger partial charge in [0.05, 0.1) is 12.2 Å². The largest absolute Gasteiger partial charge is 0.381 e. The zero-order valence-electron chi connectivity index (χ0n) is 10.7. The Morgan fingerprint density at radius 3 is 2.56 bits per heavy atom. The molecule has 4 nitrogen and oxygen atoms in total. The van der Waals surface area contributed by atoms with Gasteiger partial charge in [0, 0.05) is 19.1 Å². The molecule has 90 valence electrons. The van der Waals surface area contributed by atoms with E-state index in [1.54, 1.807) is 11.9 Å². The number of nitrogens with zero attached hydrogens (tertiary/aromatic N) is 2. The molecule has 0 fully saturated rings. The molecule has 4 heteroatoms. The van der Waals surface area contributed by atoms with Gasteiger partial charge in [0.15, 0.2) is 0 Å². The summed E-state index contributed by atoms with van der Waals surface area (Å²) in [7, 11) is 1.81. The molecule has 1 heterocycles. The SMILES string of the molecule is CC(C)NC1=CCN=C1C(=O)N(C)C(C)C. The Morgan fingerprint density at radius 2 is 2.06 bits per heavy atom. The standard InChI is InChI=1S/C12H21N3O/c1-8(2)14-10-6-7-13-11(10)12(16)15(5)9(3)4/h6,8-9,14H,7H2,1-5H3. The highest BCUT2D eigenvalue weighted by Crippen LogP contribution is 2.09. The molecule has 1 aliphatic heterocycles. The molecule has 0 saturated heterocycles. The molecule has 1 amide bonds. The summed E-state index contributed by atoms with van der Waals surface area (Å²) < 4.78 is 0. The first kappa shape index (κ1) is 12.7. The summed E-state index contributed by atoms with van der Waals surface area (Å²) in [5, 5.41) is 3.25. The zero-order chi connectivity index (χ0) is 12.3. The molecule has 0 radical (unpaired) electrons. The quantitative estimate of drug-likeness (QED) is 0.778. The van der Waals surface area contributed by atoms with Crippen LogP contribution >= 0.6 is 0 Å². The van der Waals surface area contributed by atoms with Crippen molar-refractivity contribution in [3.8, 4) is 0 Å². The van der Waals surface area contributed by atoms with E-state index in [1.165, 1.54) is 0 Å². The second kappa shape index (κ2) is 5.14. The molecule has 0 aromatic heterocycles. The van der Waals surface area contributed by atoms with Gasteiger partial charge in [0.25, 0.3) is 5.91 Å². The Morgan fingerprint density at radius 1 is 1.44 bits per heavy atom. The van der Waals surface area contributed by atoms with E-state index in [1.807, 2.05) is 33.8 Å². The van der Waals surface area contributed by atoms with Crippen LogP contribution < -0.4 is 5.32 Å². The van der Waals surface area contributed by atoms with Crippen molar-refractivity contribution in [2.45, 2.75) is 39.8 Å². The smallest absolute Gasteiger partial charge is 0.274 e. The number of hydrogen-bond donors (Lipinski definition) is 1. The number of amides is 1. The van der Waals surface area contributed by atoms with Crippen molar-refractivity contribution in [1.82, 2.24) is 10.2 Å². The van der Waals surface area contributed by atoms with E-state index in [0.717, 1.165) is 5.70 Å².